The van der Waals surface area contributed by atoms with E-state index < -0.39 is 0 Å². The molecular formula is C27H22BrClN2O3S. The Morgan fingerprint density at radius 3 is 2.66 bits per heavy atom. The second-order valence-corrected chi connectivity index (χ2v) is 10.5. The molecule has 3 aromatic carbocycles. The largest absolute Gasteiger partial charge is 0.490 e. The Balaban J connectivity index is 1.55. The van der Waals surface area contributed by atoms with Crippen LogP contribution in [0.4, 0.5) is 0 Å². The van der Waals surface area contributed by atoms with E-state index in [1.54, 1.807) is 4.40 Å². The normalized spacial score (nSPS) is 12.1. The summed E-state index contributed by atoms with van der Waals surface area (Å²) in [4.78, 5) is 18.6. The van der Waals surface area contributed by atoms with E-state index in [9.17, 15) is 4.79 Å². The van der Waals surface area contributed by atoms with E-state index in [1.807, 2.05) is 68.5 Å². The summed E-state index contributed by atoms with van der Waals surface area (Å²) in [5.74, 6) is 1.18. The second-order valence-electron chi connectivity index (χ2n) is 8.21. The predicted octanol–water partition coefficient (Wildman–Crippen LogP) is 6.47. The van der Waals surface area contributed by atoms with Crippen LogP contribution in [0.3, 0.4) is 0 Å². The summed E-state index contributed by atoms with van der Waals surface area (Å²) in [6, 6.07) is 15.4. The van der Waals surface area contributed by atoms with Crippen LogP contribution in [0.1, 0.15) is 29.2 Å². The Kier molecular flexibility index (Phi) is 6.57. The monoisotopic (exact) mass is 568 g/mol. The van der Waals surface area contributed by atoms with Gasteiger partial charge in [0, 0.05) is 10.6 Å². The van der Waals surface area contributed by atoms with Crippen molar-refractivity contribution in [3.63, 3.8) is 0 Å². The zero-order valence-corrected chi connectivity index (χ0v) is 22.6. The summed E-state index contributed by atoms with van der Waals surface area (Å²) in [6.07, 6.45) is 1.86. The van der Waals surface area contributed by atoms with Crippen LogP contribution < -0.4 is 19.6 Å². The molecule has 0 aliphatic rings. The molecule has 0 saturated carbocycles. The third-order valence-electron chi connectivity index (χ3n) is 5.81. The first-order chi connectivity index (χ1) is 16.9. The van der Waals surface area contributed by atoms with Crippen molar-refractivity contribution in [1.82, 2.24) is 9.38 Å². The number of fused-ring (bicyclic) bond motifs is 3. The molecule has 8 heteroatoms. The standard InChI is InChI=1S/C27H22BrClN2O3S/c1-4-33-23-12-17(11-19(28)25(23)34-14-18-7-5-6-8-20(18)29)13-24-26(32)31-22-10-16(3)15(2)9-21(22)30-27(31)35-24/h5-13H,4,14H2,1-3H3/b24-13-. The van der Waals surface area contributed by atoms with E-state index in [0.29, 0.717) is 39.2 Å². The Hall–Kier alpha value is -2.87. The molecule has 0 fully saturated rings. The highest BCUT2D eigenvalue weighted by Crippen LogP contribution is 2.38. The summed E-state index contributed by atoms with van der Waals surface area (Å²) in [6.45, 7) is 6.79. The zero-order valence-electron chi connectivity index (χ0n) is 19.4. The quantitative estimate of drug-likeness (QED) is 0.235. The molecule has 2 heterocycles. The third kappa shape index (κ3) is 4.56. The Morgan fingerprint density at radius 2 is 1.89 bits per heavy atom. The van der Waals surface area contributed by atoms with Gasteiger partial charge < -0.3 is 9.47 Å². The number of ether oxygens (including phenoxy) is 2. The fraction of sp³-hybridized carbons (Fsp3) is 0.185. The van der Waals surface area contributed by atoms with Gasteiger partial charge in [0.15, 0.2) is 16.5 Å². The van der Waals surface area contributed by atoms with Gasteiger partial charge in [-0.1, -0.05) is 41.1 Å². The average molecular weight is 570 g/mol. The predicted molar refractivity (Wildman–Crippen MR) is 146 cm³/mol. The summed E-state index contributed by atoms with van der Waals surface area (Å²) in [5, 5.41) is 0.648. The number of aryl methyl sites for hydroxylation is 2. The number of hydrogen-bond donors (Lipinski definition) is 0. The first-order valence-corrected chi connectivity index (χ1v) is 13.1. The first-order valence-electron chi connectivity index (χ1n) is 11.1. The fourth-order valence-corrected chi connectivity index (χ4v) is 5.66. The summed E-state index contributed by atoms with van der Waals surface area (Å²) in [5.41, 5.74) is 5.59. The molecule has 0 aliphatic heterocycles. The van der Waals surface area contributed by atoms with Crippen LogP contribution in [0.25, 0.3) is 22.1 Å². The zero-order chi connectivity index (χ0) is 24.7. The smallest absolute Gasteiger partial charge is 0.274 e. The highest BCUT2D eigenvalue weighted by molar-refractivity contribution is 9.10. The Labute approximate surface area is 219 Å². The van der Waals surface area contributed by atoms with Crippen LogP contribution in [0.5, 0.6) is 11.5 Å². The van der Waals surface area contributed by atoms with Gasteiger partial charge >= 0.3 is 0 Å². The van der Waals surface area contributed by atoms with Crippen molar-refractivity contribution < 1.29 is 9.47 Å². The number of imidazole rings is 1. The van der Waals surface area contributed by atoms with E-state index >= 15 is 0 Å². The molecule has 35 heavy (non-hydrogen) atoms. The van der Waals surface area contributed by atoms with E-state index in [0.717, 1.165) is 37.8 Å². The molecule has 0 bridgehead atoms. The summed E-state index contributed by atoms with van der Waals surface area (Å²) < 4.78 is 15.0. The van der Waals surface area contributed by atoms with Gasteiger partial charge in [0.1, 0.15) is 6.61 Å². The van der Waals surface area contributed by atoms with Crippen LogP contribution >= 0.6 is 38.9 Å². The number of hydrogen-bond acceptors (Lipinski definition) is 5. The molecule has 5 nitrogen and oxygen atoms in total. The van der Waals surface area contributed by atoms with Gasteiger partial charge in [0.2, 0.25) is 0 Å². The molecular weight excluding hydrogens is 548 g/mol. The highest BCUT2D eigenvalue weighted by atomic mass is 79.9. The molecule has 0 saturated heterocycles. The lowest BCUT2D eigenvalue weighted by Gasteiger charge is -2.15. The van der Waals surface area contributed by atoms with Gasteiger partial charge in [-0.3, -0.25) is 4.79 Å². The second kappa shape index (κ2) is 9.64. The fourth-order valence-electron chi connectivity index (χ4n) is 3.91. The van der Waals surface area contributed by atoms with Gasteiger partial charge in [0.05, 0.1) is 26.6 Å². The minimum atomic E-state index is -0.0797. The number of halogens is 2. The van der Waals surface area contributed by atoms with Crippen molar-refractivity contribution >= 4 is 60.9 Å². The van der Waals surface area contributed by atoms with Crippen LogP contribution in [-0.4, -0.2) is 16.0 Å². The SMILES string of the molecule is CCOc1cc(/C=c2\sc3nc4cc(C)c(C)cc4n3c2=O)cc(Br)c1OCc1ccccc1Cl. The third-order valence-corrected chi connectivity index (χ3v) is 7.74. The van der Waals surface area contributed by atoms with E-state index in [1.165, 1.54) is 11.3 Å². The topological polar surface area (TPSA) is 52.8 Å². The molecule has 0 amide bonds. The van der Waals surface area contributed by atoms with Crippen molar-refractivity contribution in [2.24, 2.45) is 0 Å². The van der Waals surface area contributed by atoms with Gasteiger partial charge in [-0.25, -0.2) is 9.38 Å². The number of aromatic nitrogens is 2. The van der Waals surface area contributed by atoms with Crippen molar-refractivity contribution in [3.8, 4) is 11.5 Å². The molecule has 0 aliphatic carbocycles. The maximum Gasteiger partial charge on any atom is 0.274 e. The maximum atomic E-state index is 13.3. The lowest BCUT2D eigenvalue weighted by molar-refractivity contribution is 0.267. The molecule has 0 unspecified atom stereocenters. The summed E-state index contributed by atoms with van der Waals surface area (Å²) in [7, 11) is 0. The van der Waals surface area contributed by atoms with Crippen LogP contribution in [-0.2, 0) is 6.61 Å². The van der Waals surface area contributed by atoms with E-state index in [-0.39, 0.29) is 5.56 Å². The van der Waals surface area contributed by atoms with E-state index in [4.69, 9.17) is 21.1 Å². The molecule has 0 atom stereocenters. The minimum absolute atomic E-state index is 0.0797. The molecule has 0 radical (unpaired) electrons. The van der Waals surface area contributed by atoms with Gasteiger partial charge in [0.25, 0.3) is 5.56 Å². The van der Waals surface area contributed by atoms with Crippen molar-refractivity contribution in [1.29, 1.82) is 0 Å². The van der Waals surface area contributed by atoms with Gasteiger partial charge in [-0.15, -0.1) is 0 Å². The van der Waals surface area contributed by atoms with Gasteiger partial charge in [-0.2, -0.15) is 0 Å². The van der Waals surface area contributed by atoms with Gasteiger partial charge in [-0.05, 0) is 89.8 Å². The lowest BCUT2D eigenvalue weighted by Crippen LogP contribution is -2.22. The lowest BCUT2D eigenvalue weighted by atomic mass is 10.1. The Bertz CT molecular complexity index is 1690. The highest BCUT2D eigenvalue weighted by Gasteiger charge is 2.15. The number of rotatable bonds is 6. The summed E-state index contributed by atoms with van der Waals surface area (Å²) >= 11 is 11.3. The molecule has 5 aromatic rings. The maximum absolute atomic E-state index is 13.3. The molecule has 2 aromatic heterocycles. The van der Waals surface area contributed by atoms with Crippen molar-refractivity contribution in [2.45, 2.75) is 27.4 Å². The van der Waals surface area contributed by atoms with E-state index in [2.05, 4.69) is 27.8 Å². The number of thiazole rings is 1. The molecule has 0 N–H and O–H groups in total. The average Bonchev–Trinajstić information content (AvgIpc) is 3.30. The van der Waals surface area contributed by atoms with Crippen LogP contribution in [0.2, 0.25) is 5.02 Å². The van der Waals surface area contributed by atoms with Crippen molar-refractivity contribution in [3.05, 3.63) is 95.2 Å². The molecule has 5 rings (SSSR count). The number of benzene rings is 3. The molecule has 0 spiro atoms. The van der Waals surface area contributed by atoms with Crippen molar-refractivity contribution in [2.75, 3.05) is 6.61 Å². The number of nitrogens with zero attached hydrogens (tertiary/aromatic N) is 2. The minimum Gasteiger partial charge on any atom is -0.490 e. The Morgan fingerprint density at radius 1 is 1.11 bits per heavy atom. The first kappa shape index (κ1) is 23.9. The van der Waals surface area contributed by atoms with Crippen LogP contribution in [0, 0.1) is 13.8 Å². The van der Waals surface area contributed by atoms with Crippen LogP contribution in [0.15, 0.2) is 57.8 Å². The molecule has 178 valence electrons.